The quantitative estimate of drug-likeness (QED) is 0.165. The van der Waals surface area contributed by atoms with Crippen LogP contribution >= 0.6 is 0 Å². The van der Waals surface area contributed by atoms with Crippen LogP contribution < -0.4 is 4.74 Å². The molecule has 0 bridgehead atoms. The summed E-state index contributed by atoms with van der Waals surface area (Å²) >= 11 is 0. The molecule has 0 saturated carbocycles. The Balaban J connectivity index is 1.32. The zero-order valence-corrected chi connectivity index (χ0v) is 25.6. The number of rotatable bonds is 8. The molecule has 1 atom stereocenters. The Kier molecular flexibility index (Phi) is 8.59. The summed E-state index contributed by atoms with van der Waals surface area (Å²) in [7, 11) is 0. The molecule has 1 saturated heterocycles. The Morgan fingerprint density at radius 2 is 1.65 bits per heavy atom. The van der Waals surface area contributed by atoms with Crippen LogP contribution in [0.15, 0.2) is 54.6 Å². The lowest BCUT2D eigenvalue weighted by atomic mass is 9.87. The molecule has 256 valence electrons. The summed E-state index contributed by atoms with van der Waals surface area (Å²) in [5.41, 5.74) is -3.27. The molecule has 1 fully saturated rings. The standard InChI is InChI=1S/C34H25F8N3O4/c1-33(2)15-48-14-28(33)45-27-9-18(32(46)47)8-25(39)30(27)44-29(45)10-17-7-24(38)20(12-23(17)37)26-6-5-21(35)31(43-26)49-13-16-3-4-19(11-22(16)36)34(40,41)42/h3-9,11-12,28H,10,13-15H2,1-2H3,(H,46,47). The zero-order valence-electron chi connectivity index (χ0n) is 25.6. The Labute approximate surface area is 272 Å². The lowest BCUT2D eigenvalue weighted by Gasteiger charge is -2.28. The zero-order chi connectivity index (χ0) is 35.4. The molecule has 15 heteroatoms. The van der Waals surface area contributed by atoms with Crippen molar-refractivity contribution in [2.45, 2.75) is 39.1 Å². The van der Waals surface area contributed by atoms with Gasteiger partial charge in [-0.1, -0.05) is 19.9 Å². The Hall–Kier alpha value is -5.05. The van der Waals surface area contributed by atoms with Crippen LogP contribution in [0, 0.1) is 34.5 Å². The van der Waals surface area contributed by atoms with E-state index >= 15 is 13.2 Å². The number of aromatic carboxylic acids is 1. The van der Waals surface area contributed by atoms with Gasteiger partial charge in [0.15, 0.2) is 11.6 Å². The molecular formula is C34H25F8N3O4. The largest absolute Gasteiger partial charge is 0.478 e. The highest BCUT2D eigenvalue weighted by atomic mass is 19.4. The van der Waals surface area contributed by atoms with Crippen LogP contribution in [-0.2, 0) is 23.9 Å². The van der Waals surface area contributed by atoms with Crippen LogP contribution in [0.1, 0.15) is 52.8 Å². The first-order valence-electron chi connectivity index (χ1n) is 14.7. The lowest BCUT2D eigenvalue weighted by Crippen LogP contribution is -2.27. The van der Waals surface area contributed by atoms with Crippen molar-refractivity contribution in [2.75, 3.05) is 13.2 Å². The highest BCUT2D eigenvalue weighted by Crippen LogP contribution is 2.41. The number of carboxylic acids is 1. The molecule has 1 unspecified atom stereocenters. The number of imidazole rings is 1. The number of alkyl halides is 3. The van der Waals surface area contributed by atoms with Crippen molar-refractivity contribution in [1.82, 2.24) is 14.5 Å². The van der Waals surface area contributed by atoms with Gasteiger partial charge in [-0.25, -0.2) is 36.7 Å². The number of hydrogen-bond acceptors (Lipinski definition) is 5. The second-order valence-corrected chi connectivity index (χ2v) is 12.2. The average molecular weight is 692 g/mol. The van der Waals surface area contributed by atoms with E-state index in [9.17, 15) is 31.9 Å². The molecule has 3 aromatic carbocycles. The second-order valence-electron chi connectivity index (χ2n) is 12.2. The van der Waals surface area contributed by atoms with Crippen LogP contribution in [0.5, 0.6) is 5.88 Å². The van der Waals surface area contributed by atoms with Crippen molar-refractivity contribution in [1.29, 1.82) is 0 Å². The minimum absolute atomic E-state index is 0.122. The molecule has 5 aromatic rings. The number of carbonyl (C=O) groups is 1. The summed E-state index contributed by atoms with van der Waals surface area (Å²) in [5.74, 6) is -7.10. The maximum Gasteiger partial charge on any atom is 0.416 e. The van der Waals surface area contributed by atoms with Crippen molar-refractivity contribution < 1.29 is 54.5 Å². The number of ether oxygens (including phenoxy) is 2. The van der Waals surface area contributed by atoms with Crippen LogP contribution in [0.4, 0.5) is 35.1 Å². The Bertz CT molecular complexity index is 2110. The van der Waals surface area contributed by atoms with Gasteiger partial charge in [-0.15, -0.1) is 0 Å². The van der Waals surface area contributed by atoms with E-state index in [1.165, 1.54) is 6.07 Å². The van der Waals surface area contributed by atoms with Gasteiger partial charge in [-0.2, -0.15) is 13.2 Å². The highest BCUT2D eigenvalue weighted by molar-refractivity contribution is 5.93. The van der Waals surface area contributed by atoms with Crippen LogP contribution in [0.25, 0.3) is 22.3 Å². The smallest absolute Gasteiger partial charge is 0.416 e. The first kappa shape index (κ1) is 33.8. The summed E-state index contributed by atoms with van der Waals surface area (Å²) in [6, 6.07) is 6.91. The van der Waals surface area contributed by atoms with Gasteiger partial charge in [0.1, 0.15) is 35.4 Å². The number of fused-ring (bicyclic) bond motifs is 1. The molecule has 0 amide bonds. The van der Waals surface area contributed by atoms with E-state index in [-0.39, 0.29) is 58.3 Å². The van der Waals surface area contributed by atoms with Crippen LogP contribution in [0.3, 0.4) is 0 Å². The number of aromatic nitrogens is 3. The van der Waals surface area contributed by atoms with Crippen LogP contribution in [-0.4, -0.2) is 38.8 Å². The minimum Gasteiger partial charge on any atom is -0.478 e. The van der Waals surface area contributed by atoms with E-state index in [2.05, 4.69) is 9.97 Å². The van der Waals surface area contributed by atoms with E-state index in [0.717, 1.165) is 36.4 Å². The number of carboxylic acid groups (broad SMARTS) is 1. The van der Waals surface area contributed by atoms with Gasteiger partial charge in [0.25, 0.3) is 5.88 Å². The molecule has 3 heterocycles. The van der Waals surface area contributed by atoms with Crippen molar-refractivity contribution in [3.63, 3.8) is 0 Å². The molecule has 1 aliphatic rings. The number of pyridine rings is 1. The number of nitrogens with zero attached hydrogens (tertiary/aromatic N) is 3. The summed E-state index contributed by atoms with van der Waals surface area (Å²) in [5, 5.41) is 9.52. The summed E-state index contributed by atoms with van der Waals surface area (Å²) < 4.78 is 126. The monoisotopic (exact) mass is 691 g/mol. The molecule has 49 heavy (non-hydrogen) atoms. The van der Waals surface area contributed by atoms with E-state index in [4.69, 9.17) is 9.47 Å². The summed E-state index contributed by atoms with van der Waals surface area (Å²) in [4.78, 5) is 19.9. The SMILES string of the molecule is CC1(C)COCC1n1c(Cc2cc(F)c(-c3ccc(F)c(OCc4ccc(C(F)(F)F)cc4F)n3)cc2F)nc2c(F)cc(C(=O)O)cc21. The second kappa shape index (κ2) is 12.4. The topological polar surface area (TPSA) is 86.5 Å². The molecule has 7 nitrogen and oxygen atoms in total. The van der Waals surface area contributed by atoms with E-state index in [1.54, 1.807) is 4.57 Å². The normalized spacial score (nSPS) is 16.0. The van der Waals surface area contributed by atoms with Crippen molar-refractivity contribution in [3.8, 4) is 17.1 Å². The van der Waals surface area contributed by atoms with Gasteiger partial charge in [-0.05, 0) is 54.1 Å². The van der Waals surface area contributed by atoms with Gasteiger partial charge >= 0.3 is 12.1 Å². The number of hydrogen-bond donors (Lipinski definition) is 1. The highest BCUT2D eigenvalue weighted by Gasteiger charge is 2.39. The van der Waals surface area contributed by atoms with Crippen molar-refractivity contribution in [3.05, 3.63) is 112 Å². The molecule has 0 aliphatic carbocycles. The van der Waals surface area contributed by atoms with Gasteiger partial charge < -0.3 is 19.1 Å². The number of halogens is 8. The van der Waals surface area contributed by atoms with Gasteiger partial charge in [0.05, 0.1) is 41.6 Å². The van der Waals surface area contributed by atoms with E-state index < -0.39 is 76.3 Å². The maximum absolute atomic E-state index is 15.6. The van der Waals surface area contributed by atoms with Gasteiger partial charge in [0, 0.05) is 23.0 Å². The fourth-order valence-electron chi connectivity index (χ4n) is 5.73. The Morgan fingerprint density at radius 1 is 0.918 bits per heavy atom. The fourth-order valence-corrected chi connectivity index (χ4v) is 5.73. The minimum atomic E-state index is -4.78. The molecule has 0 spiro atoms. The maximum atomic E-state index is 15.6. The first-order chi connectivity index (χ1) is 23.0. The molecule has 1 aliphatic heterocycles. The lowest BCUT2D eigenvalue weighted by molar-refractivity contribution is -0.137. The molecule has 1 N–H and O–H groups in total. The van der Waals surface area contributed by atoms with Crippen LogP contribution in [0.2, 0.25) is 0 Å². The van der Waals surface area contributed by atoms with E-state index in [1.807, 2.05) is 13.8 Å². The third-order valence-electron chi connectivity index (χ3n) is 8.35. The average Bonchev–Trinajstić information content (AvgIpc) is 3.56. The molecule has 0 radical (unpaired) electrons. The van der Waals surface area contributed by atoms with Gasteiger partial charge in [-0.3, -0.25) is 0 Å². The molecule has 2 aromatic heterocycles. The third-order valence-corrected chi connectivity index (χ3v) is 8.35. The Morgan fingerprint density at radius 3 is 2.31 bits per heavy atom. The molecule has 6 rings (SSSR count). The predicted octanol–water partition coefficient (Wildman–Crippen LogP) is 8.28. The van der Waals surface area contributed by atoms with Crippen molar-refractivity contribution >= 4 is 17.0 Å². The number of benzene rings is 3. The summed E-state index contributed by atoms with van der Waals surface area (Å²) in [6.07, 6.45) is -5.12. The first-order valence-corrected chi connectivity index (χ1v) is 14.7. The third kappa shape index (κ3) is 6.54. The van der Waals surface area contributed by atoms with Gasteiger partial charge in [0.2, 0.25) is 0 Å². The summed E-state index contributed by atoms with van der Waals surface area (Å²) in [6.45, 7) is 3.56. The fraction of sp³-hybridized carbons (Fsp3) is 0.265. The predicted molar refractivity (Wildman–Crippen MR) is 158 cm³/mol. The van der Waals surface area contributed by atoms with E-state index in [0.29, 0.717) is 12.7 Å². The van der Waals surface area contributed by atoms with Crippen molar-refractivity contribution in [2.24, 2.45) is 5.41 Å². The molecular weight excluding hydrogens is 666 g/mol.